The summed E-state index contributed by atoms with van der Waals surface area (Å²) in [7, 11) is 0. The number of unbranched alkanes of at least 4 members (excludes halogenated alkanes) is 1. The number of nitrogens with one attached hydrogen (secondary N) is 1. The van der Waals surface area contributed by atoms with E-state index in [1.165, 1.54) is 13.0 Å². The summed E-state index contributed by atoms with van der Waals surface area (Å²) in [4.78, 5) is 35.2. The molecular formula is C21H26NO6-. The SMILES string of the molecule is CCCC[C@H](NC(=O)[C@@H](C)Oc1ccc2c(CCC)cc(=O)oc2c1)C(=O)[O-]. The summed E-state index contributed by atoms with van der Waals surface area (Å²) in [5, 5.41) is 14.4. The van der Waals surface area contributed by atoms with E-state index < -0.39 is 29.6 Å². The molecule has 1 N–H and O–H groups in total. The van der Waals surface area contributed by atoms with E-state index in [1.54, 1.807) is 18.2 Å². The Morgan fingerprint density at radius 2 is 1.96 bits per heavy atom. The summed E-state index contributed by atoms with van der Waals surface area (Å²) in [5.74, 6) is -1.51. The maximum Gasteiger partial charge on any atom is 0.336 e. The molecule has 2 atom stereocenters. The molecule has 0 aliphatic heterocycles. The fraction of sp³-hybridized carbons (Fsp3) is 0.476. The minimum atomic E-state index is -1.31. The van der Waals surface area contributed by atoms with Gasteiger partial charge in [-0.3, -0.25) is 4.79 Å². The number of ether oxygens (including phenoxy) is 1. The predicted molar refractivity (Wildman–Crippen MR) is 103 cm³/mol. The third kappa shape index (κ3) is 5.58. The normalized spacial score (nSPS) is 13.1. The number of hydrogen-bond acceptors (Lipinski definition) is 6. The average Bonchev–Trinajstić information content (AvgIpc) is 2.64. The molecule has 0 bridgehead atoms. The highest BCUT2D eigenvalue weighted by Crippen LogP contribution is 2.24. The van der Waals surface area contributed by atoms with Gasteiger partial charge in [-0.2, -0.15) is 0 Å². The van der Waals surface area contributed by atoms with E-state index in [0.29, 0.717) is 24.2 Å². The van der Waals surface area contributed by atoms with Crippen LogP contribution in [-0.4, -0.2) is 24.0 Å². The quantitative estimate of drug-likeness (QED) is 0.623. The number of amides is 1. The van der Waals surface area contributed by atoms with Crippen molar-refractivity contribution < 1.29 is 23.8 Å². The van der Waals surface area contributed by atoms with Crippen molar-refractivity contribution in [3.8, 4) is 5.75 Å². The number of carbonyl (C=O) groups excluding carboxylic acids is 2. The highest BCUT2D eigenvalue weighted by Gasteiger charge is 2.20. The van der Waals surface area contributed by atoms with E-state index in [2.05, 4.69) is 5.32 Å². The Morgan fingerprint density at radius 3 is 2.61 bits per heavy atom. The molecule has 1 aromatic carbocycles. The second-order valence-corrected chi connectivity index (χ2v) is 6.78. The number of benzene rings is 1. The van der Waals surface area contributed by atoms with Crippen LogP contribution < -0.4 is 20.8 Å². The number of aliphatic carboxylic acids is 1. The first-order chi connectivity index (χ1) is 13.3. The lowest BCUT2D eigenvalue weighted by Gasteiger charge is -2.22. The van der Waals surface area contributed by atoms with E-state index in [4.69, 9.17) is 9.15 Å². The maximum absolute atomic E-state index is 12.3. The molecular weight excluding hydrogens is 362 g/mol. The Morgan fingerprint density at radius 1 is 1.21 bits per heavy atom. The number of carbonyl (C=O) groups is 2. The Labute approximate surface area is 163 Å². The van der Waals surface area contributed by atoms with E-state index in [-0.39, 0.29) is 0 Å². The largest absolute Gasteiger partial charge is 0.548 e. The van der Waals surface area contributed by atoms with Gasteiger partial charge in [-0.15, -0.1) is 0 Å². The smallest absolute Gasteiger partial charge is 0.336 e. The predicted octanol–water partition coefficient (Wildman–Crippen LogP) is 1.94. The fourth-order valence-corrected chi connectivity index (χ4v) is 2.96. The standard InChI is InChI=1S/C21H27NO6/c1-4-6-8-17(21(25)26)22-20(24)13(3)27-15-9-10-16-14(7-5-2)11-19(23)28-18(16)12-15/h9-13,17H,4-8H2,1-3H3,(H,22,24)(H,25,26)/p-1/t13-,17+/m1/s1. The molecule has 0 fully saturated rings. The first-order valence-electron chi connectivity index (χ1n) is 9.60. The van der Waals surface area contributed by atoms with Crippen molar-refractivity contribution in [2.45, 2.75) is 65.0 Å². The zero-order chi connectivity index (χ0) is 20.7. The highest BCUT2D eigenvalue weighted by molar-refractivity contribution is 5.86. The minimum Gasteiger partial charge on any atom is -0.548 e. The van der Waals surface area contributed by atoms with Crippen LogP contribution in [0.3, 0.4) is 0 Å². The lowest BCUT2D eigenvalue weighted by Crippen LogP contribution is -2.51. The van der Waals surface area contributed by atoms with Crippen molar-refractivity contribution in [1.82, 2.24) is 5.32 Å². The summed E-state index contributed by atoms with van der Waals surface area (Å²) in [5.41, 5.74) is 0.849. The molecule has 7 heteroatoms. The molecule has 0 aliphatic rings. The topological polar surface area (TPSA) is 109 Å². The average molecular weight is 388 g/mol. The molecule has 0 saturated carbocycles. The summed E-state index contributed by atoms with van der Waals surface area (Å²) in [6.07, 6.45) is 2.51. The van der Waals surface area contributed by atoms with Crippen molar-refractivity contribution in [2.75, 3.05) is 0 Å². The van der Waals surface area contributed by atoms with Crippen molar-refractivity contribution in [3.63, 3.8) is 0 Å². The third-order valence-electron chi connectivity index (χ3n) is 4.45. The van der Waals surface area contributed by atoms with Gasteiger partial charge in [0.05, 0.1) is 12.0 Å². The van der Waals surface area contributed by atoms with E-state index >= 15 is 0 Å². The van der Waals surface area contributed by atoms with Gasteiger partial charge in [0.15, 0.2) is 6.10 Å². The zero-order valence-corrected chi connectivity index (χ0v) is 16.4. The Hall–Kier alpha value is -2.83. The summed E-state index contributed by atoms with van der Waals surface area (Å²) in [6, 6.07) is 5.48. The van der Waals surface area contributed by atoms with Crippen LogP contribution in [0.15, 0.2) is 33.5 Å². The Balaban J connectivity index is 2.13. The van der Waals surface area contributed by atoms with Crippen molar-refractivity contribution in [1.29, 1.82) is 0 Å². The number of rotatable bonds is 10. The van der Waals surface area contributed by atoms with Gasteiger partial charge < -0.3 is 24.4 Å². The molecule has 1 amide bonds. The molecule has 0 saturated heterocycles. The number of carboxylic acids is 1. The van der Waals surface area contributed by atoms with Gasteiger partial charge in [-0.25, -0.2) is 4.79 Å². The van der Waals surface area contributed by atoms with Gasteiger partial charge in [0.1, 0.15) is 11.3 Å². The fourth-order valence-electron chi connectivity index (χ4n) is 2.96. The maximum atomic E-state index is 12.3. The van der Waals surface area contributed by atoms with E-state index in [1.807, 2.05) is 13.8 Å². The van der Waals surface area contributed by atoms with Gasteiger partial charge in [0.25, 0.3) is 5.91 Å². The monoisotopic (exact) mass is 388 g/mol. The van der Waals surface area contributed by atoms with E-state index in [9.17, 15) is 19.5 Å². The van der Waals surface area contributed by atoms with Crippen LogP contribution in [0, 0.1) is 0 Å². The van der Waals surface area contributed by atoms with Crippen LogP contribution in [0.2, 0.25) is 0 Å². The first-order valence-corrected chi connectivity index (χ1v) is 9.60. The summed E-state index contributed by atoms with van der Waals surface area (Å²) < 4.78 is 10.9. The molecule has 0 radical (unpaired) electrons. The lowest BCUT2D eigenvalue weighted by molar-refractivity contribution is -0.308. The number of hydrogen-bond donors (Lipinski definition) is 1. The van der Waals surface area contributed by atoms with Crippen LogP contribution in [0.1, 0.15) is 52.0 Å². The first kappa shape index (κ1) is 21.5. The second kappa shape index (κ2) is 9.92. The van der Waals surface area contributed by atoms with Crippen LogP contribution in [-0.2, 0) is 16.0 Å². The van der Waals surface area contributed by atoms with Gasteiger partial charge in [0.2, 0.25) is 0 Å². The van der Waals surface area contributed by atoms with Gasteiger partial charge in [0, 0.05) is 17.5 Å². The lowest BCUT2D eigenvalue weighted by atomic mass is 10.1. The minimum absolute atomic E-state index is 0.304. The van der Waals surface area contributed by atoms with Crippen molar-refractivity contribution in [3.05, 3.63) is 40.2 Å². The summed E-state index contributed by atoms with van der Waals surface area (Å²) in [6.45, 7) is 5.48. The van der Waals surface area contributed by atoms with Crippen LogP contribution in [0.4, 0.5) is 0 Å². The molecule has 152 valence electrons. The molecule has 0 aliphatic carbocycles. The number of carboxylic acid groups (broad SMARTS) is 1. The van der Waals surface area contributed by atoms with Crippen LogP contribution in [0.5, 0.6) is 5.75 Å². The summed E-state index contributed by atoms with van der Waals surface area (Å²) >= 11 is 0. The molecule has 2 rings (SSSR count). The van der Waals surface area contributed by atoms with Crippen LogP contribution in [0.25, 0.3) is 11.0 Å². The highest BCUT2D eigenvalue weighted by atomic mass is 16.5. The van der Waals surface area contributed by atoms with Crippen molar-refractivity contribution >= 4 is 22.8 Å². The molecule has 7 nitrogen and oxygen atoms in total. The van der Waals surface area contributed by atoms with E-state index in [0.717, 1.165) is 30.2 Å². The zero-order valence-electron chi connectivity index (χ0n) is 16.4. The Bertz CT molecular complexity index is 888. The van der Waals surface area contributed by atoms with Gasteiger partial charge >= 0.3 is 5.63 Å². The number of aryl methyl sites for hydroxylation is 1. The molecule has 0 spiro atoms. The molecule has 28 heavy (non-hydrogen) atoms. The van der Waals surface area contributed by atoms with Gasteiger partial charge in [-0.1, -0.05) is 33.1 Å². The van der Waals surface area contributed by atoms with Crippen molar-refractivity contribution in [2.24, 2.45) is 0 Å². The Kier molecular flexibility index (Phi) is 7.61. The molecule has 2 aromatic rings. The molecule has 1 heterocycles. The van der Waals surface area contributed by atoms with Crippen LogP contribution >= 0.6 is 0 Å². The van der Waals surface area contributed by atoms with Gasteiger partial charge in [-0.05, 0) is 37.5 Å². The second-order valence-electron chi connectivity index (χ2n) is 6.78. The third-order valence-corrected chi connectivity index (χ3v) is 4.45. The number of fused-ring (bicyclic) bond motifs is 1. The molecule has 1 aromatic heterocycles. The molecule has 0 unspecified atom stereocenters.